The van der Waals surface area contributed by atoms with Crippen molar-refractivity contribution in [1.29, 1.82) is 0 Å². The number of nitrogen functional groups attached to an aromatic ring is 1. The molecule has 4 N–H and O–H groups in total. The van der Waals surface area contributed by atoms with E-state index in [1.807, 2.05) is 12.1 Å². The van der Waals surface area contributed by atoms with E-state index >= 15 is 0 Å². The highest BCUT2D eigenvalue weighted by molar-refractivity contribution is 5.98. The van der Waals surface area contributed by atoms with Crippen LogP contribution in [0.25, 0.3) is 0 Å². The first-order valence-corrected chi connectivity index (χ1v) is 7.58. The van der Waals surface area contributed by atoms with E-state index in [0.29, 0.717) is 23.8 Å². The number of benzene rings is 1. The quantitative estimate of drug-likeness (QED) is 0.588. The molecular weight excluding hydrogens is 262 g/mol. The molecule has 0 aliphatic carbocycles. The third-order valence-corrected chi connectivity index (χ3v) is 3.95. The summed E-state index contributed by atoms with van der Waals surface area (Å²) in [6.45, 7) is 9.20. The molecule has 116 valence electrons. The third kappa shape index (κ3) is 4.55. The van der Waals surface area contributed by atoms with Crippen LogP contribution in [0.4, 0.5) is 5.69 Å². The van der Waals surface area contributed by atoms with Gasteiger partial charge in [0.25, 0.3) is 0 Å². The first-order chi connectivity index (χ1) is 9.67. The van der Waals surface area contributed by atoms with Gasteiger partial charge in [-0.2, -0.15) is 0 Å². The van der Waals surface area contributed by atoms with Crippen molar-refractivity contribution >= 4 is 11.5 Å². The molecule has 0 atom stereocenters. The molecule has 1 saturated heterocycles. The Morgan fingerprint density at radius 3 is 2.48 bits per heavy atom. The van der Waals surface area contributed by atoms with Crippen LogP contribution in [0.1, 0.15) is 50.9 Å². The zero-order chi connectivity index (χ0) is 15.7. The van der Waals surface area contributed by atoms with E-state index in [4.69, 9.17) is 5.73 Å². The average Bonchev–Trinajstić information content (AvgIpc) is 2.32. The predicted octanol–water partition coefficient (Wildman–Crippen LogP) is 2.35. The number of anilines is 1. The van der Waals surface area contributed by atoms with Gasteiger partial charge in [-0.1, -0.05) is 12.1 Å². The summed E-state index contributed by atoms with van der Waals surface area (Å²) < 4.78 is 0. The molecule has 0 spiro atoms. The molecule has 0 radical (unpaired) electrons. The van der Waals surface area contributed by atoms with Gasteiger partial charge in [-0.05, 0) is 52.7 Å². The summed E-state index contributed by atoms with van der Waals surface area (Å²) in [6, 6.07) is 7.51. The molecule has 4 nitrogen and oxygen atoms in total. The van der Waals surface area contributed by atoms with Crippen molar-refractivity contribution in [2.75, 3.05) is 12.3 Å². The summed E-state index contributed by atoms with van der Waals surface area (Å²) in [6.07, 6.45) is 2.03. The number of carbonyl (C=O) groups excluding carboxylic acids is 1. The predicted molar refractivity (Wildman–Crippen MR) is 87.5 cm³/mol. The van der Waals surface area contributed by atoms with Gasteiger partial charge in [0.05, 0.1) is 6.54 Å². The summed E-state index contributed by atoms with van der Waals surface area (Å²) >= 11 is 0. The van der Waals surface area contributed by atoms with E-state index in [2.05, 4.69) is 38.3 Å². The van der Waals surface area contributed by atoms with Crippen LogP contribution >= 0.6 is 0 Å². The van der Waals surface area contributed by atoms with Crippen molar-refractivity contribution in [2.24, 2.45) is 0 Å². The van der Waals surface area contributed by atoms with Crippen molar-refractivity contribution in [2.45, 2.75) is 57.7 Å². The molecule has 1 heterocycles. The van der Waals surface area contributed by atoms with E-state index in [9.17, 15) is 4.79 Å². The Hall–Kier alpha value is -1.39. The molecule has 21 heavy (non-hydrogen) atoms. The standard InChI is InChI=1S/C17H27N3O/c1-16(2)9-14(10-17(3,4)20-16)19-11-15(21)12-6-5-7-13(18)8-12/h5-8,14,19-20H,9-11,18H2,1-4H3. The van der Waals surface area contributed by atoms with Crippen LogP contribution in [-0.4, -0.2) is 29.4 Å². The van der Waals surface area contributed by atoms with E-state index in [-0.39, 0.29) is 16.9 Å². The van der Waals surface area contributed by atoms with Crippen LogP contribution in [0, 0.1) is 0 Å². The molecule has 1 aromatic carbocycles. The highest BCUT2D eigenvalue weighted by Crippen LogP contribution is 2.28. The van der Waals surface area contributed by atoms with Gasteiger partial charge in [-0.3, -0.25) is 4.79 Å². The molecular formula is C17H27N3O. The van der Waals surface area contributed by atoms with E-state index in [0.717, 1.165) is 12.8 Å². The average molecular weight is 289 g/mol. The van der Waals surface area contributed by atoms with Crippen molar-refractivity contribution in [1.82, 2.24) is 10.6 Å². The highest BCUT2D eigenvalue weighted by atomic mass is 16.1. The van der Waals surface area contributed by atoms with Gasteiger partial charge in [0.2, 0.25) is 0 Å². The fraction of sp³-hybridized carbons (Fsp3) is 0.588. The number of hydrogen-bond acceptors (Lipinski definition) is 4. The van der Waals surface area contributed by atoms with E-state index < -0.39 is 0 Å². The summed E-state index contributed by atoms with van der Waals surface area (Å²) in [5.41, 5.74) is 7.20. The number of nitrogens with one attached hydrogen (secondary N) is 2. The van der Waals surface area contributed by atoms with Gasteiger partial charge in [-0.15, -0.1) is 0 Å². The highest BCUT2D eigenvalue weighted by Gasteiger charge is 2.37. The molecule has 2 rings (SSSR count). The van der Waals surface area contributed by atoms with Crippen LogP contribution in [0.5, 0.6) is 0 Å². The van der Waals surface area contributed by atoms with Gasteiger partial charge in [0, 0.05) is 28.4 Å². The summed E-state index contributed by atoms with van der Waals surface area (Å²) in [5.74, 6) is 0.0939. The maximum absolute atomic E-state index is 12.2. The minimum absolute atomic E-state index is 0.0830. The lowest BCUT2D eigenvalue weighted by molar-refractivity contribution is 0.0963. The molecule has 0 bridgehead atoms. The molecule has 0 saturated carbocycles. The second kappa shape index (κ2) is 5.78. The van der Waals surface area contributed by atoms with Crippen LogP contribution < -0.4 is 16.4 Å². The van der Waals surface area contributed by atoms with Gasteiger partial charge < -0.3 is 16.4 Å². The monoisotopic (exact) mass is 289 g/mol. The molecule has 1 aliphatic heterocycles. The number of hydrogen-bond donors (Lipinski definition) is 3. The number of piperidine rings is 1. The maximum Gasteiger partial charge on any atom is 0.176 e. The Bertz CT molecular complexity index is 507. The van der Waals surface area contributed by atoms with Crippen molar-refractivity contribution < 1.29 is 4.79 Å². The summed E-state index contributed by atoms with van der Waals surface area (Å²) in [5, 5.41) is 7.07. The van der Waals surface area contributed by atoms with Crippen LogP contribution in [0.2, 0.25) is 0 Å². The van der Waals surface area contributed by atoms with Crippen LogP contribution in [-0.2, 0) is 0 Å². The number of carbonyl (C=O) groups is 1. The minimum atomic E-state index is 0.0830. The smallest absolute Gasteiger partial charge is 0.176 e. The number of Topliss-reactive ketones (excluding diaryl/α,β-unsaturated/α-hetero) is 1. The Labute approximate surface area is 127 Å². The lowest BCUT2D eigenvalue weighted by atomic mass is 9.79. The Morgan fingerprint density at radius 1 is 1.29 bits per heavy atom. The molecule has 0 amide bonds. The summed E-state index contributed by atoms with van der Waals surface area (Å²) in [7, 11) is 0. The zero-order valence-electron chi connectivity index (χ0n) is 13.5. The molecule has 1 fully saturated rings. The largest absolute Gasteiger partial charge is 0.399 e. The molecule has 4 heteroatoms. The number of rotatable bonds is 4. The zero-order valence-corrected chi connectivity index (χ0v) is 13.5. The second-order valence-corrected chi connectivity index (χ2v) is 7.43. The SMILES string of the molecule is CC1(C)CC(NCC(=O)c2cccc(N)c2)CC(C)(C)N1. The van der Waals surface area contributed by atoms with Crippen LogP contribution in [0.15, 0.2) is 24.3 Å². The Morgan fingerprint density at radius 2 is 1.90 bits per heavy atom. The third-order valence-electron chi connectivity index (χ3n) is 3.95. The van der Waals surface area contributed by atoms with Crippen molar-refractivity contribution in [3.63, 3.8) is 0 Å². The first kappa shape index (κ1) is 16.0. The Kier molecular flexibility index (Phi) is 4.40. The van der Waals surface area contributed by atoms with Crippen LogP contribution in [0.3, 0.4) is 0 Å². The molecule has 0 unspecified atom stereocenters. The first-order valence-electron chi connectivity index (χ1n) is 7.58. The topological polar surface area (TPSA) is 67.2 Å². The normalized spacial score (nSPS) is 21.1. The molecule has 0 aromatic heterocycles. The van der Waals surface area contributed by atoms with Gasteiger partial charge in [0.15, 0.2) is 5.78 Å². The lowest BCUT2D eigenvalue weighted by Gasteiger charge is -2.46. The van der Waals surface area contributed by atoms with Gasteiger partial charge >= 0.3 is 0 Å². The number of ketones is 1. The second-order valence-electron chi connectivity index (χ2n) is 7.43. The lowest BCUT2D eigenvalue weighted by Crippen LogP contribution is -2.61. The Balaban J connectivity index is 1.95. The molecule has 1 aromatic rings. The summed E-state index contributed by atoms with van der Waals surface area (Å²) in [4.78, 5) is 12.2. The number of nitrogens with two attached hydrogens (primary N) is 1. The molecule has 1 aliphatic rings. The van der Waals surface area contributed by atoms with Gasteiger partial charge in [-0.25, -0.2) is 0 Å². The van der Waals surface area contributed by atoms with Crippen molar-refractivity contribution in [3.05, 3.63) is 29.8 Å². The fourth-order valence-corrected chi connectivity index (χ4v) is 3.52. The van der Waals surface area contributed by atoms with Gasteiger partial charge in [0.1, 0.15) is 0 Å². The fourth-order valence-electron chi connectivity index (χ4n) is 3.52. The van der Waals surface area contributed by atoms with E-state index in [1.54, 1.807) is 12.1 Å². The van der Waals surface area contributed by atoms with Crippen molar-refractivity contribution in [3.8, 4) is 0 Å². The minimum Gasteiger partial charge on any atom is -0.399 e. The van der Waals surface area contributed by atoms with E-state index in [1.165, 1.54) is 0 Å². The maximum atomic E-state index is 12.2.